The average Bonchev–Trinajstić information content (AvgIpc) is 2.52. The molecule has 2 aromatic carbocycles. The van der Waals surface area contributed by atoms with Crippen molar-refractivity contribution in [2.75, 3.05) is 14.2 Å². The van der Waals surface area contributed by atoms with Crippen LogP contribution in [0.1, 0.15) is 15.9 Å². The topological polar surface area (TPSA) is 44.8 Å². The number of hydrogen-bond donors (Lipinski definition) is 0. The SMILES string of the molecule is COc1ccc(OC)c(COC(=O)c2ccc(F)cc2Br)c1. The second-order valence-corrected chi connectivity index (χ2v) is 5.23. The summed E-state index contributed by atoms with van der Waals surface area (Å²) in [5.41, 5.74) is 0.927. The van der Waals surface area contributed by atoms with E-state index in [0.29, 0.717) is 21.5 Å². The first-order valence-corrected chi connectivity index (χ1v) is 7.17. The van der Waals surface area contributed by atoms with E-state index in [4.69, 9.17) is 14.2 Å². The Labute approximate surface area is 135 Å². The van der Waals surface area contributed by atoms with Crippen molar-refractivity contribution in [2.45, 2.75) is 6.61 Å². The number of halogens is 2. The van der Waals surface area contributed by atoms with Crippen LogP contribution >= 0.6 is 15.9 Å². The van der Waals surface area contributed by atoms with Gasteiger partial charge in [0.25, 0.3) is 0 Å². The first kappa shape index (κ1) is 16.3. The van der Waals surface area contributed by atoms with Crippen LogP contribution in [0.25, 0.3) is 0 Å². The maximum Gasteiger partial charge on any atom is 0.339 e. The molecule has 0 fully saturated rings. The van der Waals surface area contributed by atoms with E-state index in [2.05, 4.69) is 15.9 Å². The molecule has 2 aromatic rings. The van der Waals surface area contributed by atoms with E-state index >= 15 is 0 Å². The fourth-order valence-corrected chi connectivity index (χ4v) is 2.38. The molecule has 116 valence electrons. The number of hydrogen-bond acceptors (Lipinski definition) is 4. The van der Waals surface area contributed by atoms with Gasteiger partial charge in [-0.05, 0) is 52.3 Å². The Balaban J connectivity index is 2.13. The van der Waals surface area contributed by atoms with Crippen LogP contribution < -0.4 is 9.47 Å². The van der Waals surface area contributed by atoms with Crippen molar-refractivity contribution >= 4 is 21.9 Å². The minimum Gasteiger partial charge on any atom is -0.497 e. The maximum absolute atomic E-state index is 13.0. The van der Waals surface area contributed by atoms with Crippen molar-refractivity contribution in [3.8, 4) is 11.5 Å². The van der Waals surface area contributed by atoms with Gasteiger partial charge in [0.1, 0.15) is 23.9 Å². The molecule has 0 heterocycles. The Hall–Kier alpha value is -2.08. The molecule has 0 saturated heterocycles. The van der Waals surface area contributed by atoms with Gasteiger partial charge in [-0.25, -0.2) is 9.18 Å². The van der Waals surface area contributed by atoms with Crippen LogP contribution in [0, 0.1) is 5.82 Å². The minimum absolute atomic E-state index is 0.0169. The average molecular weight is 369 g/mol. The summed E-state index contributed by atoms with van der Waals surface area (Å²) in [6, 6.07) is 8.99. The van der Waals surface area contributed by atoms with Crippen molar-refractivity contribution in [3.63, 3.8) is 0 Å². The molecule has 22 heavy (non-hydrogen) atoms. The predicted octanol–water partition coefficient (Wildman–Crippen LogP) is 3.96. The van der Waals surface area contributed by atoms with Gasteiger partial charge in [-0.1, -0.05) is 0 Å². The Morgan fingerprint density at radius 2 is 1.91 bits per heavy atom. The van der Waals surface area contributed by atoms with Gasteiger partial charge in [0.05, 0.1) is 19.8 Å². The van der Waals surface area contributed by atoms with E-state index in [1.165, 1.54) is 25.3 Å². The van der Waals surface area contributed by atoms with Gasteiger partial charge in [-0.15, -0.1) is 0 Å². The smallest absolute Gasteiger partial charge is 0.339 e. The minimum atomic E-state index is -0.559. The molecule has 0 aliphatic carbocycles. The van der Waals surface area contributed by atoms with E-state index < -0.39 is 11.8 Å². The molecule has 0 saturated carbocycles. The van der Waals surface area contributed by atoms with Crippen molar-refractivity contribution < 1.29 is 23.4 Å². The lowest BCUT2D eigenvalue weighted by atomic mass is 10.2. The quantitative estimate of drug-likeness (QED) is 0.749. The number of carbonyl (C=O) groups excluding carboxylic acids is 1. The number of ether oxygens (including phenoxy) is 3. The molecule has 0 aliphatic heterocycles. The Bertz CT molecular complexity index is 688. The summed E-state index contributed by atoms with van der Waals surface area (Å²) in [5, 5.41) is 0. The van der Waals surface area contributed by atoms with Crippen LogP contribution in [0.15, 0.2) is 40.9 Å². The molecule has 0 spiro atoms. The summed E-state index contributed by atoms with van der Waals surface area (Å²) in [5.74, 6) is 0.233. The zero-order valence-corrected chi connectivity index (χ0v) is 13.6. The molecule has 0 aromatic heterocycles. The van der Waals surface area contributed by atoms with Crippen LogP contribution in [0.2, 0.25) is 0 Å². The highest BCUT2D eigenvalue weighted by Gasteiger charge is 2.14. The highest BCUT2D eigenvalue weighted by atomic mass is 79.9. The first-order valence-electron chi connectivity index (χ1n) is 6.38. The number of methoxy groups -OCH3 is 2. The summed E-state index contributed by atoms with van der Waals surface area (Å²) < 4.78 is 29.0. The molecule has 0 N–H and O–H groups in total. The van der Waals surface area contributed by atoms with E-state index in [1.807, 2.05) is 0 Å². The second-order valence-electron chi connectivity index (χ2n) is 4.38. The molecule has 0 atom stereocenters. The molecular formula is C16H14BrFO4. The van der Waals surface area contributed by atoms with Gasteiger partial charge in [-0.3, -0.25) is 0 Å². The fraction of sp³-hybridized carbons (Fsp3) is 0.188. The number of esters is 1. The Morgan fingerprint density at radius 3 is 2.55 bits per heavy atom. The van der Waals surface area contributed by atoms with Crippen molar-refractivity contribution in [2.24, 2.45) is 0 Å². The highest BCUT2D eigenvalue weighted by molar-refractivity contribution is 9.10. The van der Waals surface area contributed by atoms with Crippen LogP contribution in [-0.4, -0.2) is 20.2 Å². The van der Waals surface area contributed by atoms with E-state index in [0.717, 1.165) is 0 Å². The lowest BCUT2D eigenvalue weighted by Gasteiger charge is -2.11. The maximum atomic E-state index is 13.0. The Morgan fingerprint density at radius 1 is 1.14 bits per heavy atom. The molecule has 4 nitrogen and oxygen atoms in total. The third kappa shape index (κ3) is 3.76. The lowest BCUT2D eigenvalue weighted by molar-refractivity contribution is 0.0468. The monoisotopic (exact) mass is 368 g/mol. The standard InChI is InChI=1S/C16H14BrFO4/c1-20-12-4-6-15(21-2)10(7-12)9-22-16(19)13-5-3-11(18)8-14(13)17/h3-8H,9H2,1-2H3. The van der Waals surface area contributed by atoms with Gasteiger partial charge in [0.2, 0.25) is 0 Å². The molecule has 0 bridgehead atoms. The van der Waals surface area contributed by atoms with Crippen LogP contribution in [0.4, 0.5) is 4.39 Å². The number of rotatable bonds is 5. The third-order valence-electron chi connectivity index (χ3n) is 3.00. The van der Waals surface area contributed by atoms with E-state index in [-0.39, 0.29) is 12.2 Å². The largest absolute Gasteiger partial charge is 0.497 e. The fourth-order valence-electron chi connectivity index (χ4n) is 1.87. The van der Waals surface area contributed by atoms with Crippen LogP contribution in [0.5, 0.6) is 11.5 Å². The zero-order valence-electron chi connectivity index (χ0n) is 12.1. The first-order chi connectivity index (χ1) is 10.5. The summed E-state index contributed by atoms with van der Waals surface area (Å²) in [6.07, 6.45) is 0. The second kappa shape index (κ2) is 7.26. The zero-order chi connectivity index (χ0) is 16.1. The molecule has 6 heteroatoms. The summed E-state index contributed by atoms with van der Waals surface area (Å²) >= 11 is 3.14. The number of carbonyl (C=O) groups is 1. The Kier molecular flexibility index (Phi) is 5.38. The van der Waals surface area contributed by atoms with E-state index in [1.54, 1.807) is 25.3 Å². The molecule has 0 aliphatic rings. The lowest BCUT2D eigenvalue weighted by Crippen LogP contribution is -2.07. The summed E-state index contributed by atoms with van der Waals surface area (Å²) in [4.78, 5) is 12.1. The predicted molar refractivity (Wildman–Crippen MR) is 82.8 cm³/mol. The van der Waals surface area contributed by atoms with Crippen molar-refractivity contribution in [1.82, 2.24) is 0 Å². The van der Waals surface area contributed by atoms with Gasteiger partial charge in [0.15, 0.2) is 0 Å². The molecule has 0 amide bonds. The third-order valence-corrected chi connectivity index (χ3v) is 3.65. The summed E-state index contributed by atoms with van der Waals surface area (Å²) in [6.45, 7) is 0.0169. The van der Waals surface area contributed by atoms with Gasteiger partial charge in [0, 0.05) is 10.0 Å². The molecule has 0 radical (unpaired) electrons. The van der Waals surface area contributed by atoms with Gasteiger partial charge >= 0.3 is 5.97 Å². The number of benzene rings is 2. The van der Waals surface area contributed by atoms with Crippen LogP contribution in [0.3, 0.4) is 0 Å². The highest BCUT2D eigenvalue weighted by Crippen LogP contribution is 2.25. The summed E-state index contributed by atoms with van der Waals surface area (Å²) in [7, 11) is 3.08. The van der Waals surface area contributed by atoms with Crippen molar-refractivity contribution in [3.05, 3.63) is 57.8 Å². The normalized spacial score (nSPS) is 10.2. The molecule has 0 unspecified atom stereocenters. The van der Waals surface area contributed by atoms with Crippen molar-refractivity contribution in [1.29, 1.82) is 0 Å². The van der Waals surface area contributed by atoms with E-state index in [9.17, 15) is 9.18 Å². The van der Waals surface area contributed by atoms with Crippen LogP contribution in [-0.2, 0) is 11.3 Å². The molecule has 2 rings (SSSR count). The van der Waals surface area contributed by atoms with Gasteiger partial charge in [-0.2, -0.15) is 0 Å². The molecular weight excluding hydrogens is 355 g/mol. The van der Waals surface area contributed by atoms with Gasteiger partial charge < -0.3 is 14.2 Å².